The summed E-state index contributed by atoms with van der Waals surface area (Å²) < 4.78 is 10.3. The highest BCUT2D eigenvalue weighted by Crippen LogP contribution is 2.15. The van der Waals surface area contributed by atoms with Crippen LogP contribution in [0.25, 0.3) is 0 Å². The zero-order valence-corrected chi connectivity index (χ0v) is 11.9. The summed E-state index contributed by atoms with van der Waals surface area (Å²) in [5.74, 6) is 0.867. The average Bonchev–Trinajstić information content (AvgIpc) is 3.06. The molecule has 1 amide bonds. The second-order valence-electron chi connectivity index (χ2n) is 4.59. The molecular formula is C16H16N2O4. The molecule has 0 saturated heterocycles. The lowest BCUT2D eigenvalue weighted by atomic mass is 10.1. The summed E-state index contributed by atoms with van der Waals surface area (Å²) in [5.41, 5.74) is 0.804. The fourth-order valence-corrected chi connectivity index (χ4v) is 1.95. The first kappa shape index (κ1) is 15.6. The topological polar surface area (TPSA) is 95.5 Å². The second-order valence-corrected chi connectivity index (χ2v) is 4.59. The Morgan fingerprint density at radius 1 is 1.36 bits per heavy atom. The Balaban J connectivity index is 1.90. The van der Waals surface area contributed by atoms with Gasteiger partial charge in [-0.05, 0) is 29.8 Å². The molecule has 0 saturated carbocycles. The van der Waals surface area contributed by atoms with Crippen molar-refractivity contribution in [3.8, 4) is 11.8 Å². The number of benzene rings is 1. The van der Waals surface area contributed by atoms with Gasteiger partial charge in [0.15, 0.2) is 6.61 Å². The molecule has 6 nitrogen and oxygen atoms in total. The van der Waals surface area contributed by atoms with Gasteiger partial charge in [0.2, 0.25) is 5.91 Å². The summed E-state index contributed by atoms with van der Waals surface area (Å²) in [6, 6.07) is 11.6. The molecule has 6 heteroatoms. The Bertz CT molecular complexity index is 629. The molecule has 2 rings (SSSR count). The predicted molar refractivity (Wildman–Crippen MR) is 77.9 cm³/mol. The van der Waals surface area contributed by atoms with E-state index in [1.807, 2.05) is 6.07 Å². The van der Waals surface area contributed by atoms with Crippen molar-refractivity contribution >= 4 is 5.91 Å². The molecule has 114 valence electrons. The van der Waals surface area contributed by atoms with E-state index >= 15 is 0 Å². The van der Waals surface area contributed by atoms with E-state index in [1.165, 1.54) is 6.26 Å². The average molecular weight is 300 g/mol. The first-order valence-corrected chi connectivity index (χ1v) is 6.75. The Morgan fingerprint density at radius 2 is 2.14 bits per heavy atom. The van der Waals surface area contributed by atoms with E-state index in [9.17, 15) is 9.90 Å². The lowest BCUT2D eigenvalue weighted by Crippen LogP contribution is -2.31. The van der Waals surface area contributed by atoms with Crippen molar-refractivity contribution in [3.05, 3.63) is 54.0 Å². The molecule has 0 bridgehead atoms. The predicted octanol–water partition coefficient (Wildman–Crippen LogP) is 1.57. The quantitative estimate of drug-likeness (QED) is 0.809. The van der Waals surface area contributed by atoms with E-state index in [1.54, 1.807) is 36.4 Å². The van der Waals surface area contributed by atoms with Gasteiger partial charge in [0.05, 0.1) is 19.3 Å². The van der Waals surface area contributed by atoms with E-state index in [0.29, 0.717) is 11.5 Å². The summed E-state index contributed by atoms with van der Waals surface area (Å²) in [7, 11) is 0. The van der Waals surface area contributed by atoms with Crippen molar-refractivity contribution < 1.29 is 19.1 Å². The molecule has 1 heterocycles. The van der Waals surface area contributed by atoms with Gasteiger partial charge in [-0.15, -0.1) is 0 Å². The number of aliphatic hydroxyl groups excluding tert-OH is 1. The minimum absolute atomic E-state index is 0.0127. The minimum atomic E-state index is -0.555. The number of amides is 1. The molecule has 0 aliphatic rings. The number of carbonyl (C=O) groups is 1. The summed E-state index contributed by atoms with van der Waals surface area (Å²) in [6.45, 7) is -0.249. The Labute approximate surface area is 127 Å². The highest BCUT2D eigenvalue weighted by atomic mass is 16.5. The zero-order chi connectivity index (χ0) is 15.8. The molecule has 0 aliphatic heterocycles. The monoisotopic (exact) mass is 300 g/mol. The van der Waals surface area contributed by atoms with Crippen LogP contribution in [-0.2, 0) is 11.2 Å². The van der Waals surface area contributed by atoms with Crippen LogP contribution in [0.4, 0.5) is 0 Å². The van der Waals surface area contributed by atoms with Crippen molar-refractivity contribution in [1.29, 1.82) is 5.26 Å². The van der Waals surface area contributed by atoms with Gasteiger partial charge in [0.25, 0.3) is 0 Å². The summed E-state index contributed by atoms with van der Waals surface area (Å²) in [5, 5.41) is 20.5. The van der Waals surface area contributed by atoms with E-state index in [-0.39, 0.29) is 25.5 Å². The number of carbonyl (C=O) groups excluding carboxylic acids is 1. The smallest absolute Gasteiger partial charge is 0.225 e. The van der Waals surface area contributed by atoms with Gasteiger partial charge in [-0.25, -0.2) is 0 Å². The molecule has 0 fully saturated rings. The number of nitrogens with one attached hydrogen (secondary N) is 1. The molecule has 0 aliphatic carbocycles. The molecule has 1 atom stereocenters. The molecule has 0 spiro atoms. The fourth-order valence-electron chi connectivity index (χ4n) is 1.95. The maximum absolute atomic E-state index is 12.0. The zero-order valence-electron chi connectivity index (χ0n) is 11.9. The van der Waals surface area contributed by atoms with E-state index in [0.717, 1.165) is 5.56 Å². The van der Waals surface area contributed by atoms with Gasteiger partial charge >= 0.3 is 0 Å². The van der Waals surface area contributed by atoms with Gasteiger partial charge in [-0.3, -0.25) is 4.79 Å². The number of furan rings is 1. The number of aliphatic hydroxyl groups is 1. The number of nitrogens with zero attached hydrogens (tertiary/aromatic N) is 1. The maximum Gasteiger partial charge on any atom is 0.225 e. The number of rotatable bonds is 7. The van der Waals surface area contributed by atoms with Crippen LogP contribution in [0.3, 0.4) is 0 Å². The van der Waals surface area contributed by atoms with Crippen LogP contribution in [0.1, 0.15) is 17.4 Å². The van der Waals surface area contributed by atoms with Gasteiger partial charge in [-0.1, -0.05) is 12.1 Å². The standard InChI is InChI=1S/C16H16N2O4/c17-7-9-21-13-5-3-12(4-6-13)10-16(20)18-14(11-19)15-2-1-8-22-15/h1-6,8,14,19H,9-11H2,(H,18,20). The number of hydrogen-bond acceptors (Lipinski definition) is 5. The Morgan fingerprint density at radius 3 is 2.73 bits per heavy atom. The second kappa shape index (κ2) is 7.86. The van der Waals surface area contributed by atoms with Crippen molar-refractivity contribution in [3.63, 3.8) is 0 Å². The Hall–Kier alpha value is -2.78. The summed E-state index contributed by atoms with van der Waals surface area (Å²) >= 11 is 0. The maximum atomic E-state index is 12.0. The lowest BCUT2D eigenvalue weighted by molar-refractivity contribution is -0.121. The van der Waals surface area contributed by atoms with Crippen LogP contribution < -0.4 is 10.1 Å². The summed E-state index contributed by atoms with van der Waals surface area (Å²) in [4.78, 5) is 12.0. The fraction of sp³-hybridized carbons (Fsp3) is 0.250. The number of nitriles is 1. The first-order valence-electron chi connectivity index (χ1n) is 6.75. The van der Waals surface area contributed by atoms with Gasteiger partial charge in [-0.2, -0.15) is 5.26 Å². The molecular weight excluding hydrogens is 284 g/mol. The molecule has 1 aromatic carbocycles. The van der Waals surface area contributed by atoms with Crippen molar-refractivity contribution in [2.75, 3.05) is 13.2 Å². The number of ether oxygens (including phenoxy) is 1. The normalized spacial score (nSPS) is 11.5. The Kier molecular flexibility index (Phi) is 5.57. The first-order chi connectivity index (χ1) is 10.7. The largest absolute Gasteiger partial charge is 0.479 e. The van der Waals surface area contributed by atoms with Crippen molar-refractivity contribution in [2.24, 2.45) is 0 Å². The highest BCUT2D eigenvalue weighted by Gasteiger charge is 2.16. The third-order valence-corrected chi connectivity index (χ3v) is 3.00. The molecule has 1 unspecified atom stereocenters. The molecule has 22 heavy (non-hydrogen) atoms. The molecule has 2 N–H and O–H groups in total. The van der Waals surface area contributed by atoms with Gasteiger partial charge in [0, 0.05) is 0 Å². The van der Waals surface area contributed by atoms with E-state index < -0.39 is 6.04 Å². The van der Waals surface area contributed by atoms with Crippen LogP contribution >= 0.6 is 0 Å². The van der Waals surface area contributed by atoms with Gasteiger partial charge < -0.3 is 19.6 Å². The third kappa shape index (κ3) is 4.36. The van der Waals surface area contributed by atoms with Crippen molar-refractivity contribution in [2.45, 2.75) is 12.5 Å². The van der Waals surface area contributed by atoms with Crippen molar-refractivity contribution in [1.82, 2.24) is 5.32 Å². The lowest BCUT2D eigenvalue weighted by Gasteiger charge is -2.14. The molecule has 2 aromatic rings. The van der Waals surface area contributed by atoms with Crippen LogP contribution in [0.5, 0.6) is 5.75 Å². The van der Waals surface area contributed by atoms with Crippen LogP contribution in [0, 0.1) is 11.3 Å². The summed E-state index contributed by atoms with van der Waals surface area (Å²) in [6.07, 6.45) is 1.67. The van der Waals surface area contributed by atoms with Crippen LogP contribution in [0.15, 0.2) is 47.1 Å². The highest BCUT2D eigenvalue weighted by molar-refractivity contribution is 5.79. The third-order valence-electron chi connectivity index (χ3n) is 3.00. The number of hydrogen-bond donors (Lipinski definition) is 2. The molecule has 1 aromatic heterocycles. The SMILES string of the molecule is N#CCOc1ccc(CC(=O)NC(CO)c2ccco2)cc1. The van der Waals surface area contributed by atoms with Crippen LogP contribution in [-0.4, -0.2) is 24.2 Å². The van der Waals surface area contributed by atoms with E-state index in [2.05, 4.69) is 5.32 Å². The van der Waals surface area contributed by atoms with E-state index in [4.69, 9.17) is 14.4 Å². The van der Waals surface area contributed by atoms with Crippen LogP contribution in [0.2, 0.25) is 0 Å². The van der Waals surface area contributed by atoms with Gasteiger partial charge in [0.1, 0.15) is 23.6 Å². The molecule has 0 radical (unpaired) electrons. The minimum Gasteiger partial charge on any atom is -0.479 e.